The van der Waals surface area contributed by atoms with Gasteiger partial charge in [0.2, 0.25) is 17.7 Å². The molecule has 0 fully saturated rings. The Labute approximate surface area is 101 Å². The van der Waals surface area contributed by atoms with Crippen LogP contribution in [0.1, 0.15) is 12.6 Å². The minimum atomic E-state index is -0.378. The lowest BCUT2D eigenvalue weighted by Gasteiger charge is -2.18. The first-order valence-corrected chi connectivity index (χ1v) is 5.31. The van der Waals surface area contributed by atoms with Crippen LogP contribution >= 0.6 is 0 Å². The number of carbonyl (C=O) groups is 1. The molecule has 1 N–H and O–H groups in total. The van der Waals surface area contributed by atoms with E-state index in [0.717, 1.165) is 5.69 Å². The van der Waals surface area contributed by atoms with Gasteiger partial charge in [0.05, 0.1) is 7.11 Å². The summed E-state index contributed by atoms with van der Waals surface area (Å²) in [5, 5.41) is 2.95. The molecular formula is C11H18N4O2. The first kappa shape index (κ1) is 13.2. The van der Waals surface area contributed by atoms with Gasteiger partial charge in [0, 0.05) is 25.9 Å². The molecule has 1 amide bonds. The Kier molecular flexibility index (Phi) is 4.25. The molecule has 0 spiro atoms. The molecule has 0 aliphatic rings. The fourth-order valence-corrected chi connectivity index (χ4v) is 1.35. The van der Waals surface area contributed by atoms with E-state index in [1.165, 1.54) is 4.90 Å². The highest BCUT2D eigenvalue weighted by Gasteiger charge is 2.16. The Morgan fingerprint density at radius 1 is 1.47 bits per heavy atom. The van der Waals surface area contributed by atoms with Crippen molar-refractivity contribution in [1.29, 1.82) is 0 Å². The van der Waals surface area contributed by atoms with Gasteiger partial charge in [-0.1, -0.05) is 0 Å². The number of aryl methyl sites for hydroxylation is 1. The maximum atomic E-state index is 11.7. The molecule has 1 rings (SSSR count). The second-order valence-corrected chi connectivity index (χ2v) is 3.97. The third kappa shape index (κ3) is 3.58. The normalized spacial score (nSPS) is 11.8. The van der Waals surface area contributed by atoms with E-state index in [4.69, 9.17) is 4.74 Å². The molecule has 0 aliphatic carbocycles. The second kappa shape index (κ2) is 5.47. The molecule has 1 heterocycles. The number of hydrogen-bond donors (Lipinski definition) is 1. The summed E-state index contributed by atoms with van der Waals surface area (Å²) in [7, 11) is 4.95. The van der Waals surface area contributed by atoms with E-state index in [0.29, 0.717) is 11.8 Å². The Morgan fingerprint density at radius 3 is 2.65 bits per heavy atom. The molecule has 0 saturated carbocycles. The molecule has 1 unspecified atom stereocenters. The van der Waals surface area contributed by atoms with Gasteiger partial charge in [0.15, 0.2) is 0 Å². The molecule has 0 radical (unpaired) electrons. The first-order chi connectivity index (χ1) is 7.93. The lowest BCUT2D eigenvalue weighted by Crippen LogP contribution is -2.37. The van der Waals surface area contributed by atoms with E-state index in [1.54, 1.807) is 34.2 Å². The third-order valence-corrected chi connectivity index (χ3v) is 2.20. The molecule has 6 heteroatoms. The summed E-state index contributed by atoms with van der Waals surface area (Å²) in [6.07, 6.45) is 0. The number of ether oxygens (including phenoxy) is 1. The molecular weight excluding hydrogens is 220 g/mol. The highest BCUT2D eigenvalue weighted by Crippen LogP contribution is 2.12. The monoisotopic (exact) mass is 238 g/mol. The van der Waals surface area contributed by atoms with Crippen molar-refractivity contribution in [3.05, 3.63) is 11.8 Å². The van der Waals surface area contributed by atoms with Gasteiger partial charge in [-0.15, -0.1) is 0 Å². The number of hydrogen-bond acceptors (Lipinski definition) is 5. The average Bonchev–Trinajstić information content (AvgIpc) is 2.26. The van der Waals surface area contributed by atoms with Crippen molar-refractivity contribution in [2.45, 2.75) is 19.9 Å². The number of aromatic nitrogens is 2. The quantitative estimate of drug-likeness (QED) is 0.835. The van der Waals surface area contributed by atoms with Crippen molar-refractivity contribution >= 4 is 11.9 Å². The lowest BCUT2D eigenvalue weighted by atomic mass is 10.3. The standard InChI is InChI=1S/C11H18N4O2/c1-7-6-9(17-5)14-11(12-7)13-8(2)10(16)15(3)4/h6,8H,1-5H3,(H,12,13,14). The van der Waals surface area contributed by atoms with Crippen LogP contribution < -0.4 is 10.1 Å². The average molecular weight is 238 g/mol. The van der Waals surface area contributed by atoms with Gasteiger partial charge in [0.1, 0.15) is 6.04 Å². The largest absolute Gasteiger partial charge is 0.481 e. The van der Waals surface area contributed by atoms with E-state index in [1.807, 2.05) is 6.92 Å². The van der Waals surface area contributed by atoms with Crippen molar-refractivity contribution in [3.63, 3.8) is 0 Å². The van der Waals surface area contributed by atoms with Crippen LogP contribution in [0.4, 0.5) is 5.95 Å². The first-order valence-electron chi connectivity index (χ1n) is 5.31. The zero-order valence-electron chi connectivity index (χ0n) is 10.8. The van der Waals surface area contributed by atoms with Crippen LogP contribution in [0.15, 0.2) is 6.07 Å². The minimum Gasteiger partial charge on any atom is -0.481 e. The predicted molar refractivity (Wildman–Crippen MR) is 65.1 cm³/mol. The maximum absolute atomic E-state index is 11.7. The Balaban J connectivity index is 2.81. The van der Waals surface area contributed by atoms with Crippen LogP contribution in [0.2, 0.25) is 0 Å². The van der Waals surface area contributed by atoms with E-state index >= 15 is 0 Å². The fraction of sp³-hybridized carbons (Fsp3) is 0.545. The minimum absolute atomic E-state index is 0.0333. The van der Waals surface area contributed by atoms with E-state index in [2.05, 4.69) is 15.3 Å². The van der Waals surface area contributed by atoms with Gasteiger partial charge >= 0.3 is 0 Å². The number of likely N-dealkylation sites (N-methyl/N-ethyl adjacent to an activating group) is 1. The predicted octanol–water partition coefficient (Wildman–Crippen LogP) is 0.682. The summed E-state index contributed by atoms with van der Waals surface area (Å²) in [4.78, 5) is 21.5. The Hall–Kier alpha value is -1.85. The second-order valence-electron chi connectivity index (χ2n) is 3.97. The highest BCUT2D eigenvalue weighted by atomic mass is 16.5. The summed E-state index contributed by atoms with van der Waals surface area (Å²) >= 11 is 0. The zero-order chi connectivity index (χ0) is 13.0. The fourth-order valence-electron chi connectivity index (χ4n) is 1.35. The number of nitrogens with one attached hydrogen (secondary N) is 1. The maximum Gasteiger partial charge on any atom is 0.244 e. The van der Waals surface area contributed by atoms with Crippen LogP contribution in [0.3, 0.4) is 0 Å². The molecule has 1 aromatic heterocycles. The number of anilines is 1. The van der Waals surface area contributed by atoms with Crippen LogP contribution in [0.25, 0.3) is 0 Å². The van der Waals surface area contributed by atoms with Crippen LogP contribution in [0.5, 0.6) is 5.88 Å². The summed E-state index contributed by atoms with van der Waals surface area (Å²) < 4.78 is 5.04. The number of methoxy groups -OCH3 is 1. The molecule has 6 nitrogen and oxygen atoms in total. The molecule has 94 valence electrons. The van der Waals surface area contributed by atoms with Crippen LogP contribution in [0, 0.1) is 6.92 Å². The molecule has 0 bridgehead atoms. The van der Waals surface area contributed by atoms with Crippen LogP contribution in [-0.2, 0) is 4.79 Å². The zero-order valence-corrected chi connectivity index (χ0v) is 10.8. The molecule has 0 aliphatic heterocycles. The van der Waals surface area contributed by atoms with Crippen molar-refractivity contribution < 1.29 is 9.53 Å². The van der Waals surface area contributed by atoms with Gasteiger partial charge in [-0.2, -0.15) is 4.98 Å². The van der Waals surface area contributed by atoms with Crippen LogP contribution in [-0.4, -0.2) is 48.0 Å². The van der Waals surface area contributed by atoms with Gasteiger partial charge in [-0.25, -0.2) is 4.98 Å². The van der Waals surface area contributed by atoms with Gasteiger partial charge in [-0.05, 0) is 13.8 Å². The molecule has 17 heavy (non-hydrogen) atoms. The smallest absolute Gasteiger partial charge is 0.244 e. The Bertz CT molecular complexity index is 406. The Morgan fingerprint density at radius 2 is 2.12 bits per heavy atom. The number of rotatable bonds is 4. The summed E-state index contributed by atoms with van der Waals surface area (Å²) in [6.45, 7) is 3.61. The molecule has 0 saturated heterocycles. The number of carbonyl (C=O) groups excluding carboxylic acids is 1. The summed E-state index contributed by atoms with van der Waals surface area (Å²) in [5.41, 5.74) is 0.781. The topological polar surface area (TPSA) is 67.3 Å². The van der Waals surface area contributed by atoms with Crippen molar-refractivity contribution in [2.24, 2.45) is 0 Å². The van der Waals surface area contributed by atoms with Gasteiger partial charge < -0.3 is 15.0 Å². The third-order valence-electron chi connectivity index (χ3n) is 2.20. The SMILES string of the molecule is COc1cc(C)nc(NC(C)C(=O)N(C)C)n1. The molecule has 1 aromatic rings. The highest BCUT2D eigenvalue weighted by molar-refractivity contribution is 5.83. The van der Waals surface area contributed by atoms with Gasteiger partial charge in [-0.3, -0.25) is 4.79 Å². The van der Waals surface area contributed by atoms with Crippen molar-refractivity contribution in [3.8, 4) is 5.88 Å². The molecule has 1 atom stereocenters. The lowest BCUT2D eigenvalue weighted by molar-refractivity contribution is -0.129. The van der Waals surface area contributed by atoms with Crippen molar-refractivity contribution in [1.82, 2.24) is 14.9 Å². The van der Waals surface area contributed by atoms with Crippen molar-refractivity contribution in [2.75, 3.05) is 26.5 Å². The summed E-state index contributed by atoms with van der Waals surface area (Å²) in [5.74, 6) is 0.836. The number of amides is 1. The van der Waals surface area contributed by atoms with E-state index in [9.17, 15) is 4.79 Å². The van der Waals surface area contributed by atoms with E-state index < -0.39 is 0 Å². The van der Waals surface area contributed by atoms with E-state index in [-0.39, 0.29) is 11.9 Å². The summed E-state index contributed by atoms with van der Waals surface area (Å²) in [6, 6.07) is 1.35. The molecule has 0 aromatic carbocycles. The van der Waals surface area contributed by atoms with Gasteiger partial charge in [0.25, 0.3) is 0 Å². The number of nitrogens with zero attached hydrogens (tertiary/aromatic N) is 3.